The summed E-state index contributed by atoms with van der Waals surface area (Å²) < 4.78 is 11.7. The Labute approximate surface area is 124 Å². The molecule has 2 fully saturated rings. The van der Waals surface area contributed by atoms with E-state index in [1.165, 1.54) is 24.8 Å². The summed E-state index contributed by atoms with van der Waals surface area (Å²) in [4.78, 5) is 2.48. The van der Waals surface area contributed by atoms with Crippen molar-refractivity contribution in [1.82, 2.24) is 15.1 Å². The van der Waals surface area contributed by atoms with E-state index in [4.69, 9.17) is 9.15 Å². The van der Waals surface area contributed by atoms with E-state index in [9.17, 15) is 0 Å². The number of furan rings is 1. The first-order valence-corrected chi connectivity index (χ1v) is 7.70. The second kappa shape index (κ2) is 5.00. The third kappa shape index (κ3) is 2.40. The maximum atomic E-state index is 5.99. The molecule has 0 radical (unpaired) electrons. The number of hydrogen-bond donors (Lipinski definition) is 1. The highest BCUT2D eigenvalue weighted by Crippen LogP contribution is 2.38. The van der Waals surface area contributed by atoms with Crippen LogP contribution >= 0.6 is 0 Å². The molecular formula is C16H21N3O2. The van der Waals surface area contributed by atoms with Crippen LogP contribution in [0, 0.1) is 6.92 Å². The number of aromatic amines is 1. The van der Waals surface area contributed by atoms with Gasteiger partial charge in [-0.25, -0.2) is 0 Å². The molecule has 0 atom stereocenters. The molecule has 2 aromatic heterocycles. The molecule has 4 rings (SSSR count). The molecule has 2 aromatic rings. The Morgan fingerprint density at radius 1 is 1.38 bits per heavy atom. The lowest BCUT2D eigenvalue weighted by Crippen LogP contribution is -2.55. The third-order valence-electron chi connectivity index (χ3n) is 4.69. The van der Waals surface area contributed by atoms with Gasteiger partial charge in [-0.15, -0.1) is 0 Å². The zero-order valence-corrected chi connectivity index (χ0v) is 12.4. The van der Waals surface area contributed by atoms with E-state index < -0.39 is 0 Å². The number of nitrogens with one attached hydrogen (secondary N) is 1. The van der Waals surface area contributed by atoms with Gasteiger partial charge in [0, 0.05) is 25.2 Å². The van der Waals surface area contributed by atoms with Crippen LogP contribution in [0.4, 0.5) is 0 Å². The molecule has 21 heavy (non-hydrogen) atoms. The Morgan fingerprint density at radius 2 is 2.29 bits per heavy atom. The molecule has 1 N–H and O–H groups in total. The molecule has 3 heterocycles. The molecule has 1 saturated heterocycles. The quantitative estimate of drug-likeness (QED) is 0.943. The fourth-order valence-corrected chi connectivity index (χ4v) is 3.39. The Bertz CT molecular complexity index is 627. The van der Waals surface area contributed by atoms with Crippen molar-refractivity contribution < 1.29 is 9.15 Å². The highest BCUT2D eigenvalue weighted by atomic mass is 16.5. The zero-order valence-electron chi connectivity index (χ0n) is 12.4. The van der Waals surface area contributed by atoms with Crippen molar-refractivity contribution in [1.29, 1.82) is 0 Å². The van der Waals surface area contributed by atoms with Gasteiger partial charge in [0.25, 0.3) is 0 Å². The Hall–Kier alpha value is -1.59. The predicted molar refractivity (Wildman–Crippen MR) is 78.8 cm³/mol. The smallest absolute Gasteiger partial charge is 0.152 e. The van der Waals surface area contributed by atoms with Gasteiger partial charge in [-0.3, -0.25) is 10.00 Å². The summed E-state index contributed by atoms with van der Waals surface area (Å²) in [5.74, 6) is 1.79. The van der Waals surface area contributed by atoms with Gasteiger partial charge in [0.2, 0.25) is 0 Å². The number of hydrogen-bond acceptors (Lipinski definition) is 4. The molecule has 5 heteroatoms. The van der Waals surface area contributed by atoms with Crippen LogP contribution in [0.1, 0.15) is 30.6 Å². The lowest BCUT2D eigenvalue weighted by atomic mass is 9.79. The third-order valence-corrected chi connectivity index (χ3v) is 4.69. The summed E-state index contributed by atoms with van der Waals surface area (Å²) in [6, 6.07) is 3.98. The van der Waals surface area contributed by atoms with Crippen molar-refractivity contribution in [3.63, 3.8) is 0 Å². The van der Waals surface area contributed by atoms with Crippen LogP contribution in [0.25, 0.3) is 11.5 Å². The van der Waals surface area contributed by atoms with Crippen LogP contribution in [0.5, 0.6) is 0 Å². The molecule has 0 bridgehead atoms. The summed E-state index contributed by atoms with van der Waals surface area (Å²) in [6.07, 6.45) is 5.63. The van der Waals surface area contributed by atoms with Crippen molar-refractivity contribution in [3.05, 3.63) is 29.7 Å². The van der Waals surface area contributed by atoms with E-state index in [0.29, 0.717) is 0 Å². The van der Waals surface area contributed by atoms with Crippen LogP contribution in [0.3, 0.4) is 0 Å². The number of ether oxygens (including phenoxy) is 1. The van der Waals surface area contributed by atoms with Crippen molar-refractivity contribution >= 4 is 0 Å². The fourth-order valence-electron chi connectivity index (χ4n) is 3.39. The van der Waals surface area contributed by atoms with Crippen LogP contribution in [-0.4, -0.2) is 40.4 Å². The molecule has 1 aliphatic carbocycles. The number of H-pyrrole nitrogens is 1. The fraction of sp³-hybridized carbons (Fsp3) is 0.562. The maximum Gasteiger partial charge on any atom is 0.152 e. The molecule has 0 unspecified atom stereocenters. The lowest BCUT2D eigenvalue weighted by molar-refractivity contribution is -0.152. The van der Waals surface area contributed by atoms with Crippen LogP contribution in [-0.2, 0) is 11.3 Å². The minimum Gasteiger partial charge on any atom is -0.460 e. The van der Waals surface area contributed by atoms with E-state index in [1.807, 2.05) is 25.3 Å². The standard InChI is InChI=1S/C16H21N3O2/c1-12-3-4-14(21-12)15-13(9-17-18-15)10-19-7-8-20-16(11-19)5-2-6-16/h3-4,9H,2,5-8,10-11H2,1H3,(H,17,18). The average Bonchev–Trinajstić information content (AvgIpc) is 3.06. The van der Waals surface area contributed by atoms with Gasteiger partial charge >= 0.3 is 0 Å². The second-order valence-electron chi connectivity index (χ2n) is 6.28. The van der Waals surface area contributed by atoms with Gasteiger partial charge in [-0.1, -0.05) is 0 Å². The number of aryl methyl sites for hydroxylation is 1. The van der Waals surface area contributed by atoms with Gasteiger partial charge in [0.05, 0.1) is 18.4 Å². The molecule has 0 amide bonds. The van der Waals surface area contributed by atoms with Crippen LogP contribution in [0.2, 0.25) is 0 Å². The number of aromatic nitrogens is 2. The molecule has 0 aromatic carbocycles. The van der Waals surface area contributed by atoms with Gasteiger partial charge < -0.3 is 9.15 Å². The number of morpholine rings is 1. The molecular weight excluding hydrogens is 266 g/mol. The van der Waals surface area contributed by atoms with E-state index in [1.54, 1.807) is 0 Å². The number of rotatable bonds is 3. The van der Waals surface area contributed by atoms with Gasteiger partial charge in [-0.05, 0) is 38.3 Å². The summed E-state index contributed by atoms with van der Waals surface area (Å²) in [5, 5.41) is 7.27. The lowest BCUT2D eigenvalue weighted by Gasteiger charge is -2.48. The van der Waals surface area contributed by atoms with Gasteiger partial charge in [0.1, 0.15) is 11.5 Å². The molecule has 1 spiro atoms. The Balaban J connectivity index is 1.51. The highest BCUT2D eigenvalue weighted by molar-refractivity contribution is 5.56. The van der Waals surface area contributed by atoms with Crippen molar-refractivity contribution in [2.75, 3.05) is 19.7 Å². The number of nitrogens with zero attached hydrogens (tertiary/aromatic N) is 2. The van der Waals surface area contributed by atoms with Crippen molar-refractivity contribution in [2.24, 2.45) is 0 Å². The summed E-state index contributed by atoms with van der Waals surface area (Å²) in [5.41, 5.74) is 2.33. The van der Waals surface area contributed by atoms with E-state index >= 15 is 0 Å². The van der Waals surface area contributed by atoms with Gasteiger partial charge in [-0.2, -0.15) is 5.10 Å². The van der Waals surface area contributed by atoms with Gasteiger partial charge in [0.15, 0.2) is 5.76 Å². The first-order valence-electron chi connectivity index (χ1n) is 7.70. The van der Waals surface area contributed by atoms with Crippen molar-refractivity contribution in [3.8, 4) is 11.5 Å². The van der Waals surface area contributed by atoms with E-state index in [2.05, 4.69) is 15.1 Å². The monoisotopic (exact) mass is 287 g/mol. The second-order valence-corrected chi connectivity index (χ2v) is 6.28. The topological polar surface area (TPSA) is 54.3 Å². The predicted octanol–water partition coefficient (Wildman–Crippen LogP) is 2.73. The SMILES string of the molecule is Cc1ccc(-c2[nH]ncc2CN2CCOC3(CCC3)C2)o1. The summed E-state index contributed by atoms with van der Waals surface area (Å²) in [6.45, 7) is 5.73. The van der Waals surface area contributed by atoms with E-state index in [0.717, 1.165) is 43.5 Å². The van der Waals surface area contributed by atoms with E-state index in [-0.39, 0.29) is 5.60 Å². The molecule has 5 nitrogen and oxygen atoms in total. The maximum absolute atomic E-state index is 5.99. The molecule has 112 valence electrons. The van der Waals surface area contributed by atoms with Crippen molar-refractivity contribution in [2.45, 2.75) is 38.3 Å². The minimum absolute atomic E-state index is 0.142. The normalized spacial score (nSPS) is 21.6. The van der Waals surface area contributed by atoms with Crippen LogP contribution < -0.4 is 0 Å². The first kappa shape index (κ1) is 13.1. The Kier molecular flexibility index (Phi) is 3.12. The zero-order chi connectivity index (χ0) is 14.3. The van der Waals surface area contributed by atoms with Crippen LogP contribution in [0.15, 0.2) is 22.7 Å². The summed E-state index contributed by atoms with van der Waals surface area (Å²) >= 11 is 0. The highest BCUT2D eigenvalue weighted by Gasteiger charge is 2.42. The molecule has 2 aliphatic rings. The molecule has 1 aliphatic heterocycles. The first-order chi connectivity index (χ1) is 10.2. The minimum atomic E-state index is 0.142. The summed E-state index contributed by atoms with van der Waals surface area (Å²) in [7, 11) is 0. The Morgan fingerprint density at radius 3 is 3.00 bits per heavy atom. The molecule has 1 saturated carbocycles. The average molecular weight is 287 g/mol. The largest absolute Gasteiger partial charge is 0.460 e.